The molecule has 0 atom stereocenters. The van der Waals surface area contributed by atoms with Gasteiger partial charge in [0.1, 0.15) is 5.75 Å². The molecule has 0 spiro atoms. The maximum absolute atomic E-state index is 11.5. The smallest absolute Gasteiger partial charge is 0.156 e. The molecule has 16 heavy (non-hydrogen) atoms. The monoisotopic (exact) mass is 217 g/mol. The molecule has 0 bridgehead atoms. The van der Waals surface area contributed by atoms with E-state index >= 15 is 0 Å². The molecule has 0 saturated carbocycles. The van der Waals surface area contributed by atoms with Gasteiger partial charge in [0.15, 0.2) is 5.78 Å². The van der Waals surface area contributed by atoms with E-state index in [1.165, 1.54) is 0 Å². The fourth-order valence-corrected chi connectivity index (χ4v) is 1.85. The topological polar surface area (TPSA) is 29.5 Å². The Morgan fingerprint density at radius 1 is 1.25 bits per heavy atom. The number of hydrogen-bond donors (Lipinski definition) is 0. The van der Waals surface area contributed by atoms with Gasteiger partial charge in [0.05, 0.1) is 13.7 Å². The molecule has 0 saturated heterocycles. The zero-order valence-corrected chi connectivity index (χ0v) is 9.56. The van der Waals surface area contributed by atoms with E-state index in [0.29, 0.717) is 13.0 Å². The van der Waals surface area contributed by atoms with Gasteiger partial charge in [-0.2, -0.15) is 0 Å². The predicted molar refractivity (Wildman–Crippen MR) is 63.7 cm³/mol. The Morgan fingerprint density at radius 3 is 2.50 bits per heavy atom. The van der Waals surface area contributed by atoms with E-state index < -0.39 is 0 Å². The molecule has 0 N–H and O–H groups in total. The Hall–Kier alpha value is -1.77. The summed E-state index contributed by atoms with van der Waals surface area (Å²) >= 11 is 0. The standard InChI is InChI=1S/C13H15NO2/c1-10-7-12(15)9-14(8-10)11-3-5-13(16-2)6-4-11/h3-6,8H,7,9H2,1-2H3. The van der Waals surface area contributed by atoms with Crippen LogP contribution in [-0.2, 0) is 4.79 Å². The first kappa shape index (κ1) is 10.7. The molecular weight excluding hydrogens is 202 g/mol. The molecule has 1 aliphatic rings. The molecule has 3 heteroatoms. The van der Waals surface area contributed by atoms with E-state index in [0.717, 1.165) is 17.0 Å². The molecule has 84 valence electrons. The number of hydrogen-bond acceptors (Lipinski definition) is 3. The lowest BCUT2D eigenvalue weighted by atomic mass is 10.1. The van der Waals surface area contributed by atoms with Crippen LogP contribution in [0.4, 0.5) is 5.69 Å². The van der Waals surface area contributed by atoms with Gasteiger partial charge in [0.2, 0.25) is 0 Å². The lowest BCUT2D eigenvalue weighted by Gasteiger charge is -2.25. The predicted octanol–water partition coefficient (Wildman–Crippen LogP) is 2.38. The van der Waals surface area contributed by atoms with Gasteiger partial charge in [0, 0.05) is 18.3 Å². The summed E-state index contributed by atoms with van der Waals surface area (Å²) in [5.41, 5.74) is 2.13. The quantitative estimate of drug-likeness (QED) is 0.761. The average Bonchev–Trinajstić information content (AvgIpc) is 2.28. The molecule has 1 aromatic rings. The minimum absolute atomic E-state index is 0.260. The first-order valence-corrected chi connectivity index (χ1v) is 5.29. The number of nitrogens with zero attached hydrogens (tertiary/aromatic N) is 1. The van der Waals surface area contributed by atoms with Crippen molar-refractivity contribution in [3.8, 4) is 5.75 Å². The number of ether oxygens (including phenoxy) is 1. The molecule has 1 heterocycles. The van der Waals surface area contributed by atoms with Crippen molar-refractivity contribution in [2.75, 3.05) is 18.6 Å². The van der Waals surface area contributed by atoms with Crippen molar-refractivity contribution in [1.29, 1.82) is 0 Å². The van der Waals surface area contributed by atoms with Gasteiger partial charge in [-0.05, 0) is 36.8 Å². The number of rotatable bonds is 2. The molecular formula is C13H15NO2. The maximum Gasteiger partial charge on any atom is 0.156 e. The zero-order valence-electron chi connectivity index (χ0n) is 9.56. The number of anilines is 1. The van der Waals surface area contributed by atoms with Crippen LogP contribution in [0.25, 0.3) is 0 Å². The fourth-order valence-electron chi connectivity index (χ4n) is 1.85. The largest absolute Gasteiger partial charge is 0.497 e. The number of allylic oxidation sites excluding steroid dienone is 1. The lowest BCUT2D eigenvalue weighted by Crippen LogP contribution is -2.29. The molecule has 2 rings (SSSR count). The highest BCUT2D eigenvalue weighted by Crippen LogP contribution is 2.22. The van der Waals surface area contributed by atoms with Crippen LogP contribution in [0, 0.1) is 0 Å². The number of Topliss-reactive ketones (excluding diaryl/α,β-unsaturated/α-hetero) is 1. The number of ketones is 1. The first-order valence-electron chi connectivity index (χ1n) is 5.29. The third kappa shape index (κ3) is 2.24. The third-order valence-corrected chi connectivity index (χ3v) is 2.60. The summed E-state index contributed by atoms with van der Waals surface area (Å²) in [6.45, 7) is 2.44. The average molecular weight is 217 g/mol. The molecule has 1 aliphatic heterocycles. The van der Waals surface area contributed by atoms with Gasteiger partial charge in [-0.3, -0.25) is 4.79 Å². The summed E-state index contributed by atoms with van der Waals surface area (Å²) in [6.07, 6.45) is 2.61. The molecule has 0 fully saturated rings. The minimum Gasteiger partial charge on any atom is -0.497 e. The van der Waals surface area contributed by atoms with Gasteiger partial charge in [-0.15, -0.1) is 0 Å². The number of carbonyl (C=O) groups excluding carboxylic acids is 1. The van der Waals surface area contributed by atoms with Crippen LogP contribution in [0.15, 0.2) is 36.0 Å². The summed E-state index contributed by atoms with van der Waals surface area (Å²) in [6, 6.07) is 7.72. The summed E-state index contributed by atoms with van der Waals surface area (Å²) < 4.78 is 5.10. The van der Waals surface area contributed by atoms with E-state index in [1.807, 2.05) is 42.3 Å². The molecule has 0 aliphatic carbocycles. The van der Waals surface area contributed by atoms with Crippen molar-refractivity contribution < 1.29 is 9.53 Å². The van der Waals surface area contributed by atoms with Gasteiger partial charge in [0.25, 0.3) is 0 Å². The molecule has 0 radical (unpaired) electrons. The zero-order chi connectivity index (χ0) is 11.5. The minimum atomic E-state index is 0.260. The van der Waals surface area contributed by atoms with Crippen LogP contribution in [0.3, 0.4) is 0 Å². The van der Waals surface area contributed by atoms with Crippen molar-refractivity contribution in [3.05, 3.63) is 36.0 Å². The highest BCUT2D eigenvalue weighted by molar-refractivity contribution is 5.87. The van der Waals surface area contributed by atoms with E-state index in [4.69, 9.17) is 4.74 Å². The highest BCUT2D eigenvalue weighted by Gasteiger charge is 2.15. The Labute approximate surface area is 95.3 Å². The van der Waals surface area contributed by atoms with Gasteiger partial charge < -0.3 is 9.64 Å². The molecule has 0 amide bonds. The number of methoxy groups -OCH3 is 1. The van der Waals surface area contributed by atoms with E-state index in [2.05, 4.69) is 0 Å². The Morgan fingerprint density at radius 2 is 1.94 bits per heavy atom. The maximum atomic E-state index is 11.5. The Bertz CT molecular complexity index is 420. The van der Waals surface area contributed by atoms with Gasteiger partial charge in [-0.25, -0.2) is 0 Å². The second kappa shape index (κ2) is 4.39. The molecule has 0 aromatic heterocycles. The molecule has 1 aromatic carbocycles. The van der Waals surface area contributed by atoms with Crippen molar-refractivity contribution in [2.24, 2.45) is 0 Å². The Balaban J connectivity index is 2.23. The molecule has 3 nitrogen and oxygen atoms in total. The van der Waals surface area contributed by atoms with E-state index in [-0.39, 0.29) is 5.78 Å². The number of carbonyl (C=O) groups is 1. The summed E-state index contributed by atoms with van der Waals surface area (Å²) in [5.74, 6) is 1.09. The SMILES string of the molecule is COc1ccc(N2C=C(C)CC(=O)C2)cc1. The van der Waals surface area contributed by atoms with Crippen LogP contribution in [-0.4, -0.2) is 19.4 Å². The van der Waals surface area contributed by atoms with Crippen LogP contribution >= 0.6 is 0 Å². The van der Waals surface area contributed by atoms with Crippen molar-refractivity contribution in [1.82, 2.24) is 0 Å². The summed E-state index contributed by atoms with van der Waals surface area (Å²) in [5, 5.41) is 0. The second-order valence-electron chi connectivity index (χ2n) is 4.02. The third-order valence-electron chi connectivity index (χ3n) is 2.60. The van der Waals surface area contributed by atoms with Crippen molar-refractivity contribution >= 4 is 11.5 Å². The summed E-state index contributed by atoms with van der Waals surface area (Å²) in [4.78, 5) is 13.4. The van der Waals surface area contributed by atoms with E-state index in [9.17, 15) is 4.79 Å². The Kier molecular flexibility index (Phi) is 2.95. The lowest BCUT2D eigenvalue weighted by molar-refractivity contribution is -0.117. The van der Waals surface area contributed by atoms with E-state index in [1.54, 1.807) is 7.11 Å². The number of benzene rings is 1. The first-order chi connectivity index (χ1) is 7.69. The second-order valence-corrected chi connectivity index (χ2v) is 4.02. The van der Waals surface area contributed by atoms with Crippen LogP contribution in [0.2, 0.25) is 0 Å². The normalized spacial score (nSPS) is 16.0. The molecule has 0 unspecified atom stereocenters. The summed E-state index contributed by atoms with van der Waals surface area (Å²) in [7, 11) is 1.64. The van der Waals surface area contributed by atoms with Crippen molar-refractivity contribution in [2.45, 2.75) is 13.3 Å². The van der Waals surface area contributed by atoms with Crippen LogP contribution < -0.4 is 9.64 Å². The van der Waals surface area contributed by atoms with Crippen LogP contribution in [0.1, 0.15) is 13.3 Å². The van der Waals surface area contributed by atoms with Crippen molar-refractivity contribution in [3.63, 3.8) is 0 Å². The van der Waals surface area contributed by atoms with Crippen LogP contribution in [0.5, 0.6) is 5.75 Å². The van der Waals surface area contributed by atoms with Gasteiger partial charge >= 0.3 is 0 Å². The highest BCUT2D eigenvalue weighted by atomic mass is 16.5. The fraction of sp³-hybridized carbons (Fsp3) is 0.308. The van der Waals surface area contributed by atoms with Gasteiger partial charge in [-0.1, -0.05) is 0 Å².